The molecule has 3 heterocycles. The van der Waals surface area contributed by atoms with Gasteiger partial charge in [0.25, 0.3) is 5.91 Å². The number of amides is 1. The second-order valence-corrected chi connectivity index (χ2v) is 10.2. The van der Waals surface area contributed by atoms with Crippen LogP contribution in [0.1, 0.15) is 21.8 Å². The van der Waals surface area contributed by atoms with E-state index < -0.39 is 24.8 Å². The molecule has 8 nitrogen and oxygen atoms in total. The van der Waals surface area contributed by atoms with Gasteiger partial charge in [0.15, 0.2) is 0 Å². The van der Waals surface area contributed by atoms with E-state index in [0.717, 1.165) is 5.01 Å². The fraction of sp³-hybridized carbons (Fsp3) is 0.308. The Morgan fingerprint density at radius 2 is 1.92 bits per heavy atom. The lowest BCUT2D eigenvalue weighted by Crippen LogP contribution is -2.44. The molecule has 0 bridgehead atoms. The van der Waals surface area contributed by atoms with E-state index in [1.807, 2.05) is 12.2 Å². The Morgan fingerprint density at radius 1 is 1.13 bits per heavy atom. The smallest absolute Gasteiger partial charge is 0.405 e. The highest BCUT2D eigenvalue weighted by atomic mass is 32.1. The van der Waals surface area contributed by atoms with E-state index in [-0.39, 0.29) is 17.5 Å². The van der Waals surface area contributed by atoms with Crippen LogP contribution in [0, 0.1) is 6.92 Å². The van der Waals surface area contributed by atoms with Crippen molar-refractivity contribution in [1.82, 2.24) is 25.6 Å². The summed E-state index contributed by atoms with van der Waals surface area (Å²) in [7, 11) is 0. The summed E-state index contributed by atoms with van der Waals surface area (Å²) in [6.07, 6.45) is -3.52. The Labute approximate surface area is 224 Å². The predicted octanol–water partition coefficient (Wildman–Crippen LogP) is 5.26. The number of aryl methyl sites for hydroxylation is 1. The van der Waals surface area contributed by atoms with Gasteiger partial charge in [0.2, 0.25) is 11.8 Å². The third-order valence-electron chi connectivity index (χ3n) is 6.01. The minimum Gasteiger partial charge on any atom is -0.437 e. The van der Waals surface area contributed by atoms with Gasteiger partial charge in [0, 0.05) is 42.7 Å². The van der Waals surface area contributed by atoms with Gasteiger partial charge in [0.05, 0.1) is 10.7 Å². The number of hydrogen-bond donors (Lipinski definition) is 3. The number of fused-ring (bicyclic) bond motifs is 1. The van der Waals surface area contributed by atoms with Crippen LogP contribution in [0.2, 0.25) is 0 Å². The highest BCUT2D eigenvalue weighted by Crippen LogP contribution is 2.39. The molecule has 0 spiro atoms. The minimum absolute atomic E-state index is 0.0936. The van der Waals surface area contributed by atoms with Crippen LogP contribution in [0.3, 0.4) is 0 Å². The van der Waals surface area contributed by atoms with Crippen molar-refractivity contribution in [2.45, 2.75) is 31.7 Å². The SMILES string of the molecule is Cc1nc(Oc2ccc(C(=O)NCC(F)(F)F)c3ccccc23)c(-c2ccnc(N[C@@H]3CNC[C@@H](F)C3)n2)s1. The molecule has 1 fully saturated rings. The normalized spacial score (nSPS) is 17.7. The topological polar surface area (TPSA) is 101 Å². The van der Waals surface area contributed by atoms with Crippen molar-refractivity contribution in [2.75, 3.05) is 25.0 Å². The molecule has 5 rings (SSSR count). The molecule has 0 unspecified atom stereocenters. The van der Waals surface area contributed by atoms with Crippen LogP contribution in [-0.2, 0) is 0 Å². The molecule has 204 valence electrons. The molecular formula is C26H24F4N6O2S. The summed E-state index contributed by atoms with van der Waals surface area (Å²) in [4.78, 5) is 26.5. The Hall–Kier alpha value is -3.84. The maximum Gasteiger partial charge on any atom is 0.405 e. The summed E-state index contributed by atoms with van der Waals surface area (Å²) in [5.41, 5.74) is 0.650. The predicted molar refractivity (Wildman–Crippen MR) is 140 cm³/mol. The number of carbonyl (C=O) groups is 1. The van der Waals surface area contributed by atoms with Crippen LogP contribution in [0.4, 0.5) is 23.5 Å². The van der Waals surface area contributed by atoms with Gasteiger partial charge in [-0.2, -0.15) is 13.2 Å². The summed E-state index contributed by atoms with van der Waals surface area (Å²) in [5.74, 6) is 0.169. The maximum absolute atomic E-state index is 13.8. The lowest BCUT2D eigenvalue weighted by atomic mass is 10.0. The molecule has 13 heteroatoms. The molecule has 1 aliphatic rings. The Kier molecular flexibility index (Phi) is 7.62. The molecule has 2 atom stereocenters. The number of halogens is 4. The van der Waals surface area contributed by atoms with E-state index in [1.165, 1.54) is 23.5 Å². The molecule has 0 radical (unpaired) electrons. The van der Waals surface area contributed by atoms with E-state index in [1.54, 1.807) is 36.5 Å². The molecule has 2 aromatic heterocycles. The summed E-state index contributed by atoms with van der Waals surface area (Å²) < 4.78 is 57.8. The van der Waals surface area contributed by atoms with Crippen LogP contribution in [0.15, 0.2) is 48.7 Å². The first-order valence-electron chi connectivity index (χ1n) is 12.1. The number of nitrogens with one attached hydrogen (secondary N) is 3. The van der Waals surface area contributed by atoms with Crippen LogP contribution in [0.25, 0.3) is 21.3 Å². The van der Waals surface area contributed by atoms with E-state index in [0.29, 0.717) is 52.6 Å². The van der Waals surface area contributed by atoms with E-state index in [2.05, 4.69) is 25.6 Å². The largest absolute Gasteiger partial charge is 0.437 e. The number of ether oxygens (including phenoxy) is 1. The van der Waals surface area contributed by atoms with Crippen molar-refractivity contribution in [3.63, 3.8) is 0 Å². The standard InChI is InChI=1S/C26H24F4N6O2S/c1-14-34-24(22(39-14)20-8-9-32-25(36-20)35-16-10-15(27)11-31-12-16)38-21-7-6-19(17-4-2-3-5-18(17)21)23(37)33-13-26(28,29)30/h2-9,15-16,31H,10-13H2,1H3,(H,33,37)(H,32,35,36)/t15-,16-/m0/s1. The average Bonchev–Trinajstić information content (AvgIpc) is 3.27. The van der Waals surface area contributed by atoms with Gasteiger partial charge in [-0.15, -0.1) is 11.3 Å². The maximum atomic E-state index is 13.8. The Bertz CT molecular complexity index is 1500. The molecule has 1 amide bonds. The molecule has 0 aliphatic carbocycles. The molecule has 2 aromatic carbocycles. The van der Waals surface area contributed by atoms with Gasteiger partial charge >= 0.3 is 6.18 Å². The lowest BCUT2D eigenvalue weighted by molar-refractivity contribution is -0.123. The van der Waals surface area contributed by atoms with E-state index in [4.69, 9.17) is 4.74 Å². The number of aromatic nitrogens is 3. The lowest BCUT2D eigenvalue weighted by Gasteiger charge is -2.26. The van der Waals surface area contributed by atoms with Crippen LogP contribution >= 0.6 is 11.3 Å². The third kappa shape index (κ3) is 6.42. The number of thiazole rings is 1. The van der Waals surface area contributed by atoms with Gasteiger partial charge in [-0.05, 0) is 30.5 Å². The zero-order valence-corrected chi connectivity index (χ0v) is 21.5. The first-order chi connectivity index (χ1) is 18.7. The second kappa shape index (κ2) is 11.1. The van der Waals surface area contributed by atoms with Gasteiger partial charge < -0.3 is 20.7 Å². The van der Waals surface area contributed by atoms with Crippen molar-refractivity contribution < 1.29 is 27.1 Å². The fourth-order valence-electron chi connectivity index (χ4n) is 4.31. The number of piperidine rings is 1. The Morgan fingerprint density at radius 3 is 2.69 bits per heavy atom. The summed E-state index contributed by atoms with van der Waals surface area (Å²) in [5, 5.41) is 9.80. The summed E-state index contributed by atoms with van der Waals surface area (Å²) in [6.45, 7) is 1.32. The number of anilines is 1. The highest BCUT2D eigenvalue weighted by Gasteiger charge is 2.28. The molecule has 3 N–H and O–H groups in total. The van der Waals surface area contributed by atoms with E-state index >= 15 is 0 Å². The quantitative estimate of drug-likeness (QED) is 0.265. The third-order valence-corrected chi connectivity index (χ3v) is 6.98. The summed E-state index contributed by atoms with van der Waals surface area (Å²) >= 11 is 1.37. The van der Waals surface area contributed by atoms with Gasteiger partial charge in [-0.1, -0.05) is 24.3 Å². The van der Waals surface area contributed by atoms with Gasteiger partial charge in [0.1, 0.15) is 23.3 Å². The van der Waals surface area contributed by atoms with Crippen molar-refractivity contribution in [1.29, 1.82) is 0 Å². The van der Waals surface area contributed by atoms with E-state index in [9.17, 15) is 22.4 Å². The molecule has 0 saturated carbocycles. The molecule has 1 saturated heterocycles. The van der Waals surface area contributed by atoms with Crippen LogP contribution in [-0.4, -0.2) is 58.9 Å². The number of alkyl halides is 4. The second-order valence-electron chi connectivity index (χ2n) is 9.02. The van der Waals surface area contributed by atoms with Crippen molar-refractivity contribution >= 4 is 34.0 Å². The summed E-state index contributed by atoms with van der Waals surface area (Å²) in [6, 6.07) is 11.3. The minimum atomic E-state index is -4.52. The number of nitrogens with zero attached hydrogens (tertiary/aromatic N) is 3. The fourth-order valence-corrected chi connectivity index (χ4v) is 5.13. The average molecular weight is 561 g/mol. The first-order valence-corrected chi connectivity index (χ1v) is 12.9. The number of hydrogen-bond acceptors (Lipinski definition) is 8. The van der Waals surface area contributed by atoms with Crippen molar-refractivity contribution in [3.05, 3.63) is 59.2 Å². The van der Waals surface area contributed by atoms with Crippen molar-refractivity contribution in [2.24, 2.45) is 0 Å². The zero-order chi connectivity index (χ0) is 27.6. The van der Waals surface area contributed by atoms with Crippen LogP contribution in [0.5, 0.6) is 11.6 Å². The zero-order valence-electron chi connectivity index (χ0n) is 20.7. The number of carbonyl (C=O) groups excluding carboxylic acids is 1. The molecular weight excluding hydrogens is 536 g/mol. The van der Waals surface area contributed by atoms with Crippen molar-refractivity contribution in [3.8, 4) is 22.2 Å². The molecule has 1 aliphatic heterocycles. The first kappa shape index (κ1) is 26.8. The monoisotopic (exact) mass is 560 g/mol. The molecule has 39 heavy (non-hydrogen) atoms. The van der Waals surface area contributed by atoms with Crippen LogP contribution < -0.4 is 20.7 Å². The van der Waals surface area contributed by atoms with Gasteiger partial charge in [-0.25, -0.2) is 19.3 Å². The Balaban J connectivity index is 1.42. The number of rotatable bonds is 7. The molecule has 4 aromatic rings. The number of benzene rings is 2. The highest BCUT2D eigenvalue weighted by molar-refractivity contribution is 7.15. The van der Waals surface area contributed by atoms with Gasteiger partial charge in [-0.3, -0.25) is 4.79 Å².